The van der Waals surface area contributed by atoms with Crippen molar-refractivity contribution in [2.75, 3.05) is 4.90 Å². The number of hydrogen-bond acceptors (Lipinski definition) is 4. The molecule has 0 saturated carbocycles. The Morgan fingerprint density at radius 1 is 1.06 bits per heavy atom. The summed E-state index contributed by atoms with van der Waals surface area (Å²) >= 11 is 0. The Bertz CT molecular complexity index is 437. The van der Waals surface area contributed by atoms with Gasteiger partial charge in [-0.05, 0) is 18.6 Å². The van der Waals surface area contributed by atoms with Crippen LogP contribution >= 0.6 is 0 Å². The van der Waals surface area contributed by atoms with Gasteiger partial charge in [0.15, 0.2) is 12.2 Å². The molecule has 0 aromatic heterocycles. The molecule has 0 bridgehead atoms. The highest BCUT2D eigenvalue weighted by Crippen LogP contribution is 2.25. The summed E-state index contributed by atoms with van der Waals surface area (Å²) < 4.78 is 0. The molecule has 2 amide bonds. The number of amides is 2. The Kier molecular flexibility index (Phi) is 2.49. The minimum atomic E-state index is -1.66. The van der Waals surface area contributed by atoms with E-state index in [0.717, 1.165) is 10.5 Å². The summed E-state index contributed by atoms with van der Waals surface area (Å²) in [6.07, 6.45) is -3.32. The van der Waals surface area contributed by atoms with Crippen molar-refractivity contribution in [2.24, 2.45) is 0 Å². The largest absolute Gasteiger partial charge is 0.380 e. The van der Waals surface area contributed by atoms with E-state index in [1.54, 1.807) is 31.2 Å². The summed E-state index contributed by atoms with van der Waals surface area (Å²) in [5, 5.41) is 18.6. The minimum absolute atomic E-state index is 0.396. The highest BCUT2D eigenvalue weighted by molar-refractivity contribution is 6.24. The SMILES string of the molecule is Cc1ccccc1N1C(=O)[C@H](O)[C@@H](O)C1=O. The summed E-state index contributed by atoms with van der Waals surface area (Å²) in [5.74, 6) is -1.57. The van der Waals surface area contributed by atoms with E-state index in [2.05, 4.69) is 0 Å². The molecule has 0 aliphatic carbocycles. The second kappa shape index (κ2) is 3.70. The molecule has 0 spiro atoms. The highest BCUT2D eigenvalue weighted by atomic mass is 16.4. The van der Waals surface area contributed by atoms with Gasteiger partial charge in [-0.25, -0.2) is 4.90 Å². The monoisotopic (exact) mass is 221 g/mol. The number of imide groups is 1. The van der Waals surface area contributed by atoms with Crippen molar-refractivity contribution >= 4 is 17.5 Å². The molecular weight excluding hydrogens is 210 g/mol. The first-order chi connectivity index (χ1) is 7.54. The van der Waals surface area contributed by atoms with Crippen LogP contribution < -0.4 is 4.90 Å². The predicted molar refractivity (Wildman–Crippen MR) is 55.7 cm³/mol. The molecule has 2 rings (SSSR count). The average molecular weight is 221 g/mol. The van der Waals surface area contributed by atoms with Gasteiger partial charge in [0.1, 0.15) is 0 Å². The van der Waals surface area contributed by atoms with Gasteiger partial charge >= 0.3 is 0 Å². The van der Waals surface area contributed by atoms with Crippen LogP contribution in [0.25, 0.3) is 0 Å². The van der Waals surface area contributed by atoms with Crippen molar-refractivity contribution in [3.05, 3.63) is 29.8 Å². The second-order valence-corrected chi connectivity index (χ2v) is 3.69. The number of rotatable bonds is 1. The van der Waals surface area contributed by atoms with Crippen LogP contribution in [0.1, 0.15) is 5.56 Å². The molecule has 5 nitrogen and oxygen atoms in total. The number of anilines is 1. The summed E-state index contributed by atoms with van der Waals surface area (Å²) in [7, 11) is 0. The Labute approximate surface area is 91.9 Å². The van der Waals surface area contributed by atoms with Crippen molar-refractivity contribution in [2.45, 2.75) is 19.1 Å². The lowest BCUT2D eigenvalue weighted by Crippen LogP contribution is -2.32. The average Bonchev–Trinajstić information content (AvgIpc) is 2.45. The molecule has 1 heterocycles. The van der Waals surface area contributed by atoms with E-state index in [-0.39, 0.29) is 0 Å². The van der Waals surface area contributed by atoms with Gasteiger partial charge in [-0.15, -0.1) is 0 Å². The molecule has 1 saturated heterocycles. The molecule has 2 N–H and O–H groups in total. The molecule has 5 heteroatoms. The quantitative estimate of drug-likeness (QED) is 0.632. The van der Waals surface area contributed by atoms with Crippen LogP contribution in [0, 0.1) is 6.92 Å². The maximum atomic E-state index is 11.6. The first kappa shape index (κ1) is 10.8. The number of benzene rings is 1. The molecule has 0 radical (unpaired) electrons. The number of aliphatic hydroxyl groups excluding tert-OH is 2. The molecule has 1 aliphatic rings. The lowest BCUT2D eigenvalue weighted by Gasteiger charge is -2.15. The summed E-state index contributed by atoms with van der Waals surface area (Å²) in [4.78, 5) is 24.0. The van der Waals surface area contributed by atoms with E-state index in [1.807, 2.05) is 0 Å². The lowest BCUT2D eigenvalue weighted by atomic mass is 10.2. The van der Waals surface area contributed by atoms with Gasteiger partial charge in [-0.1, -0.05) is 18.2 Å². The third-order valence-electron chi connectivity index (χ3n) is 2.60. The number of nitrogens with zero attached hydrogens (tertiary/aromatic N) is 1. The Hall–Kier alpha value is -1.72. The summed E-state index contributed by atoms with van der Waals surface area (Å²) in [6, 6.07) is 6.79. The molecule has 16 heavy (non-hydrogen) atoms. The molecule has 1 fully saturated rings. The van der Waals surface area contributed by atoms with Crippen molar-refractivity contribution < 1.29 is 19.8 Å². The van der Waals surface area contributed by atoms with Crippen LogP contribution in [0.3, 0.4) is 0 Å². The van der Waals surface area contributed by atoms with Gasteiger partial charge < -0.3 is 10.2 Å². The van der Waals surface area contributed by atoms with Crippen molar-refractivity contribution in [3.63, 3.8) is 0 Å². The number of aryl methyl sites for hydroxylation is 1. The first-order valence-corrected chi connectivity index (χ1v) is 4.83. The fourth-order valence-corrected chi connectivity index (χ4v) is 1.69. The number of para-hydroxylation sites is 1. The molecule has 1 aliphatic heterocycles. The maximum Gasteiger partial charge on any atom is 0.265 e. The van der Waals surface area contributed by atoms with Gasteiger partial charge in [0, 0.05) is 0 Å². The van der Waals surface area contributed by atoms with Gasteiger partial charge in [-0.2, -0.15) is 0 Å². The van der Waals surface area contributed by atoms with Crippen molar-refractivity contribution in [1.82, 2.24) is 0 Å². The summed E-state index contributed by atoms with van der Waals surface area (Å²) in [6.45, 7) is 1.74. The van der Waals surface area contributed by atoms with Crippen LogP contribution in [-0.2, 0) is 9.59 Å². The Morgan fingerprint density at radius 3 is 2.06 bits per heavy atom. The molecule has 1 aromatic rings. The van der Waals surface area contributed by atoms with Crippen molar-refractivity contribution in [3.8, 4) is 0 Å². The van der Waals surface area contributed by atoms with Crippen molar-refractivity contribution in [1.29, 1.82) is 0 Å². The van der Waals surface area contributed by atoms with Gasteiger partial charge in [0.2, 0.25) is 0 Å². The third-order valence-corrected chi connectivity index (χ3v) is 2.60. The lowest BCUT2D eigenvalue weighted by molar-refractivity contribution is -0.129. The van der Waals surface area contributed by atoms with E-state index in [0.29, 0.717) is 5.69 Å². The van der Waals surface area contributed by atoms with Crippen LogP contribution in [0.2, 0.25) is 0 Å². The van der Waals surface area contributed by atoms with E-state index >= 15 is 0 Å². The molecule has 2 atom stereocenters. The normalized spacial score (nSPS) is 25.3. The fraction of sp³-hybridized carbons (Fsp3) is 0.273. The molecule has 84 valence electrons. The van der Waals surface area contributed by atoms with E-state index < -0.39 is 24.0 Å². The van der Waals surface area contributed by atoms with Gasteiger partial charge in [-0.3, -0.25) is 9.59 Å². The molecule has 0 unspecified atom stereocenters. The first-order valence-electron chi connectivity index (χ1n) is 4.83. The third kappa shape index (κ3) is 1.41. The maximum absolute atomic E-state index is 11.6. The van der Waals surface area contributed by atoms with E-state index in [1.165, 1.54) is 0 Å². The number of carbonyl (C=O) groups is 2. The number of hydrogen-bond donors (Lipinski definition) is 2. The second-order valence-electron chi connectivity index (χ2n) is 3.69. The molecule has 1 aromatic carbocycles. The van der Waals surface area contributed by atoms with Crippen LogP contribution in [0.15, 0.2) is 24.3 Å². The van der Waals surface area contributed by atoms with Crippen LogP contribution in [0.4, 0.5) is 5.69 Å². The zero-order valence-corrected chi connectivity index (χ0v) is 8.62. The smallest absolute Gasteiger partial charge is 0.265 e. The van der Waals surface area contributed by atoms with E-state index in [4.69, 9.17) is 0 Å². The fourth-order valence-electron chi connectivity index (χ4n) is 1.69. The zero-order valence-electron chi connectivity index (χ0n) is 8.62. The standard InChI is InChI=1S/C11H11NO4/c1-6-4-2-3-5-7(6)12-10(15)8(13)9(14)11(12)16/h2-5,8-9,13-14H,1H3/t8-,9-/m1/s1. The molecular formula is C11H11NO4. The van der Waals surface area contributed by atoms with E-state index in [9.17, 15) is 19.8 Å². The summed E-state index contributed by atoms with van der Waals surface area (Å²) in [5.41, 5.74) is 1.12. The predicted octanol–water partition coefficient (Wildman–Crippen LogP) is -0.410. The Balaban J connectivity index is 2.47. The van der Waals surface area contributed by atoms with Gasteiger partial charge in [0.05, 0.1) is 5.69 Å². The minimum Gasteiger partial charge on any atom is -0.380 e. The van der Waals surface area contributed by atoms with Crippen LogP contribution in [0.5, 0.6) is 0 Å². The number of aliphatic hydroxyl groups is 2. The number of carbonyl (C=O) groups excluding carboxylic acids is 2. The van der Waals surface area contributed by atoms with Gasteiger partial charge in [0.25, 0.3) is 11.8 Å². The van der Waals surface area contributed by atoms with Crippen LogP contribution in [-0.4, -0.2) is 34.2 Å². The highest BCUT2D eigenvalue weighted by Gasteiger charge is 2.46. The zero-order chi connectivity index (χ0) is 11.9. The Morgan fingerprint density at radius 2 is 1.56 bits per heavy atom. The topological polar surface area (TPSA) is 77.8 Å².